The van der Waals surface area contributed by atoms with E-state index in [4.69, 9.17) is 4.74 Å². The number of nitrogens with one attached hydrogen (secondary N) is 1. The minimum Gasteiger partial charge on any atom is -0.473 e. The maximum atomic E-state index is 12.1. The number of carbonyl (C=O) groups is 1. The number of hydrogen-bond acceptors (Lipinski definition) is 4. The van der Waals surface area contributed by atoms with Gasteiger partial charge in [0.25, 0.3) is 5.91 Å². The zero-order valence-corrected chi connectivity index (χ0v) is 13.1. The number of amides is 1. The third kappa shape index (κ3) is 4.42. The van der Waals surface area contributed by atoms with Gasteiger partial charge in [-0.1, -0.05) is 30.3 Å². The van der Waals surface area contributed by atoms with E-state index in [9.17, 15) is 4.79 Å². The lowest BCUT2D eigenvalue weighted by Gasteiger charge is -2.08. The van der Waals surface area contributed by atoms with Crippen molar-refractivity contribution >= 4 is 5.91 Å². The third-order valence-electron chi connectivity index (χ3n) is 3.43. The first kappa shape index (κ1) is 15.7. The number of hydrogen-bond donors (Lipinski definition) is 1. The van der Waals surface area contributed by atoms with E-state index in [1.165, 1.54) is 6.33 Å². The molecule has 6 heteroatoms. The molecule has 1 amide bonds. The fourth-order valence-electron chi connectivity index (χ4n) is 2.18. The van der Waals surface area contributed by atoms with Gasteiger partial charge in [-0.2, -0.15) is 0 Å². The van der Waals surface area contributed by atoms with E-state index >= 15 is 0 Å². The largest absolute Gasteiger partial charge is 0.473 e. The molecule has 3 rings (SSSR count). The zero-order valence-electron chi connectivity index (χ0n) is 13.1. The summed E-state index contributed by atoms with van der Waals surface area (Å²) in [5.74, 6) is 0.138. The average Bonchev–Trinajstić information content (AvgIpc) is 3.14. The summed E-state index contributed by atoms with van der Waals surface area (Å²) >= 11 is 0. The first-order valence-corrected chi connectivity index (χ1v) is 7.69. The van der Waals surface area contributed by atoms with Crippen LogP contribution in [0.5, 0.6) is 5.88 Å². The van der Waals surface area contributed by atoms with Gasteiger partial charge in [0.1, 0.15) is 18.6 Å². The summed E-state index contributed by atoms with van der Waals surface area (Å²) < 4.78 is 7.61. The summed E-state index contributed by atoms with van der Waals surface area (Å²) in [7, 11) is 0. The Morgan fingerprint density at radius 3 is 2.67 bits per heavy atom. The highest BCUT2D eigenvalue weighted by Crippen LogP contribution is 2.10. The maximum Gasteiger partial charge on any atom is 0.270 e. The first-order valence-electron chi connectivity index (χ1n) is 7.69. The molecule has 2 heterocycles. The number of benzene rings is 1. The first-order chi connectivity index (χ1) is 11.8. The van der Waals surface area contributed by atoms with Crippen LogP contribution in [-0.2, 0) is 13.2 Å². The zero-order chi connectivity index (χ0) is 16.6. The molecule has 0 unspecified atom stereocenters. The van der Waals surface area contributed by atoms with E-state index in [0.717, 1.165) is 5.56 Å². The normalized spacial score (nSPS) is 10.3. The Kier molecular flexibility index (Phi) is 5.19. The molecule has 24 heavy (non-hydrogen) atoms. The molecule has 0 aliphatic carbocycles. The van der Waals surface area contributed by atoms with E-state index < -0.39 is 0 Å². The molecule has 1 aromatic carbocycles. The smallest absolute Gasteiger partial charge is 0.270 e. The second-order valence-electron chi connectivity index (χ2n) is 5.19. The molecule has 122 valence electrons. The molecule has 0 fully saturated rings. The molecule has 3 aromatic rings. The monoisotopic (exact) mass is 322 g/mol. The quantitative estimate of drug-likeness (QED) is 0.724. The molecule has 0 saturated heterocycles. The molecule has 0 aliphatic heterocycles. The molecule has 0 saturated carbocycles. The summed E-state index contributed by atoms with van der Waals surface area (Å²) in [5.41, 5.74) is 1.33. The Balaban J connectivity index is 1.53. The van der Waals surface area contributed by atoms with Crippen LogP contribution in [-0.4, -0.2) is 27.0 Å². The van der Waals surface area contributed by atoms with Gasteiger partial charge < -0.3 is 14.6 Å². The second kappa shape index (κ2) is 7.92. The lowest BCUT2D eigenvalue weighted by molar-refractivity contribution is 0.0946. The minimum atomic E-state index is -0.242. The number of aromatic nitrogens is 3. The minimum absolute atomic E-state index is 0.242. The lowest BCUT2D eigenvalue weighted by Crippen LogP contribution is -2.27. The van der Waals surface area contributed by atoms with Crippen LogP contribution in [0.25, 0.3) is 0 Å². The van der Waals surface area contributed by atoms with Gasteiger partial charge in [-0.05, 0) is 17.7 Å². The fourth-order valence-corrected chi connectivity index (χ4v) is 2.18. The van der Waals surface area contributed by atoms with Crippen molar-refractivity contribution in [3.05, 3.63) is 78.5 Å². The highest BCUT2D eigenvalue weighted by atomic mass is 16.5. The summed E-state index contributed by atoms with van der Waals surface area (Å²) in [6, 6.07) is 15.2. The Labute approximate surface area is 140 Å². The highest BCUT2D eigenvalue weighted by molar-refractivity contribution is 5.92. The Morgan fingerprint density at radius 2 is 1.88 bits per heavy atom. The summed E-state index contributed by atoms with van der Waals surface area (Å²) in [5, 5.41) is 2.83. The molecular formula is C18H18N4O2. The Morgan fingerprint density at radius 1 is 1.08 bits per heavy atom. The molecule has 0 atom stereocenters. The van der Waals surface area contributed by atoms with Crippen LogP contribution < -0.4 is 10.1 Å². The van der Waals surface area contributed by atoms with E-state index in [1.54, 1.807) is 6.07 Å². The van der Waals surface area contributed by atoms with Crippen molar-refractivity contribution < 1.29 is 9.53 Å². The van der Waals surface area contributed by atoms with E-state index in [1.807, 2.05) is 59.4 Å². The second-order valence-corrected chi connectivity index (χ2v) is 5.19. The number of ether oxygens (including phenoxy) is 1. The molecule has 1 N–H and O–H groups in total. The van der Waals surface area contributed by atoms with Crippen LogP contribution in [0, 0.1) is 0 Å². The fraction of sp³-hybridized carbons (Fsp3) is 0.167. The van der Waals surface area contributed by atoms with E-state index in [2.05, 4.69) is 15.3 Å². The summed E-state index contributed by atoms with van der Waals surface area (Å²) in [6.07, 6.45) is 5.24. The Hall–Kier alpha value is -3.15. The maximum absolute atomic E-state index is 12.1. The van der Waals surface area contributed by atoms with Crippen LogP contribution in [0.4, 0.5) is 0 Å². The summed E-state index contributed by atoms with van der Waals surface area (Å²) in [6.45, 7) is 1.63. The van der Waals surface area contributed by atoms with Crippen molar-refractivity contribution in [2.75, 3.05) is 6.54 Å². The van der Waals surface area contributed by atoms with Gasteiger partial charge in [-0.3, -0.25) is 4.79 Å². The van der Waals surface area contributed by atoms with Gasteiger partial charge in [-0.15, -0.1) is 0 Å². The Bertz CT molecular complexity index is 773. The van der Waals surface area contributed by atoms with Crippen molar-refractivity contribution in [1.29, 1.82) is 0 Å². The number of nitrogens with zero attached hydrogens (tertiary/aromatic N) is 3. The van der Waals surface area contributed by atoms with Gasteiger partial charge >= 0.3 is 0 Å². The van der Waals surface area contributed by atoms with Gasteiger partial charge in [0.15, 0.2) is 0 Å². The lowest BCUT2D eigenvalue weighted by atomic mass is 10.2. The van der Waals surface area contributed by atoms with Crippen molar-refractivity contribution in [1.82, 2.24) is 19.9 Å². The van der Waals surface area contributed by atoms with Gasteiger partial charge in [0.2, 0.25) is 5.88 Å². The standard InChI is InChI=1S/C18H18N4O2/c23-18(19-8-11-22-9-4-5-10-22)16-12-17(21-14-20-16)24-13-15-6-2-1-3-7-15/h1-7,9-10,12,14H,8,11,13H2,(H,19,23). The molecule has 0 aliphatic rings. The third-order valence-corrected chi connectivity index (χ3v) is 3.43. The van der Waals surface area contributed by atoms with Crippen molar-refractivity contribution in [2.24, 2.45) is 0 Å². The van der Waals surface area contributed by atoms with Crippen LogP contribution in [0.2, 0.25) is 0 Å². The van der Waals surface area contributed by atoms with Crippen molar-refractivity contribution in [2.45, 2.75) is 13.2 Å². The molecule has 0 radical (unpaired) electrons. The van der Waals surface area contributed by atoms with E-state index in [0.29, 0.717) is 31.3 Å². The molecule has 6 nitrogen and oxygen atoms in total. The molecular weight excluding hydrogens is 304 g/mol. The number of carbonyl (C=O) groups excluding carboxylic acids is 1. The predicted molar refractivity (Wildman–Crippen MR) is 89.6 cm³/mol. The van der Waals surface area contributed by atoms with Gasteiger partial charge in [0.05, 0.1) is 0 Å². The molecule has 0 spiro atoms. The topological polar surface area (TPSA) is 69.0 Å². The van der Waals surface area contributed by atoms with Crippen molar-refractivity contribution in [3.63, 3.8) is 0 Å². The molecule has 0 bridgehead atoms. The van der Waals surface area contributed by atoms with Gasteiger partial charge in [0, 0.05) is 31.5 Å². The van der Waals surface area contributed by atoms with Crippen LogP contribution in [0.1, 0.15) is 16.1 Å². The average molecular weight is 322 g/mol. The van der Waals surface area contributed by atoms with Crippen LogP contribution >= 0.6 is 0 Å². The van der Waals surface area contributed by atoms with E-state index in [-0.39, 0.29) is 5.91 Å². The SMILES string of the molecule is O=C(NCCn1cccc1)c1cc(OCc2ccccc2)ncn1. The molecule has 2 aromatic heterocycles. The van der Waals surface area contributed by atoms with Gasteiger partial charge in [-0.25, -0.2) is 9.97 Å². The van der Waals surface area contributed by atoms with Crippen LogP contribution in [0.15, 0.2) is 67.3 Å². The van der Waals surface area contributed by atoms with Crippen molar-refractivity contribution in [3.8, 4) is 5.88 Å². The highest BCUT2D eigenvalue weighted by Gasteiger charge is 2.09. The number of rotatable bonds is 7. The predicted octanol–water partition coefficient (Wildman–Crippen LogP) is 2.29. The summed E-state index contributed by atoms with van der Waals surface area (Å²) in [4.78, 5) is 20.2. The van der Waals surface area contributed by atoms with Crippen LogP contribution in [0.3, 0.4) is 0 Å².